The Balaban J connectivity index is 2.62. The minimum Gasteiger partial charge on any atom is -0.395 e. The molecule has 0 aromatic carbocycles. The zero-order valence-electron chi connectivity index (χ0n) is 11.4. The van der Waals surface area contributed by atoms with Gasteiger partial charge >= 0.3 is 0 Å². The number of hydrogen-bond donors (Lipinski definition) is 3. The molecule has 0 saturated heterocycles. The van der Waals surface area contributed by atoms with Crippen LogP contribution in [0.15, 0.2) is 0 Å². The molecule has 0 radical (unpaired) electrons. The van der Waals surface area contributed by atoms with Gasteiger partial charge in [0.2, 0.25) is 0 Å². The van der Waals surface area contributed by atoms with Crippen molar-refractivity contribution in [2.45, 2.75) is 26.7 Å². The number of aromatic nitrogens is 2. The zero-order chi connectivity index (χ0) is 13.7. The summed E-state index contributed by atoms with van der Waals surface area (Å²) in [5.74, 6) is 0.216. The van der Waals surface area contributed by atoms with E-state index in [9.17, 15) is 4.79 Å². The first-order valence-corrected chi connectivity index (χ1v) is 6.08. The molecule has 1 aromatic heterocycles. The van der Waals surface area contributed by atoms with Gasteiger partial charge in [-0.05, 0) is 11.8 Å². The van der Waals surface area contributed by atoms with Gasteiger partial charge in [-0.1, -0.05) is 20.8 Å². The number of amides is 1. The van der Waals surface area contributed by atoms with Crippen LogP contribution in [0.1, 0.15) is 42.9 Å². The van der Waals surface area contributed by atoms with Crippen molar-refractivity contribution in [1.82, 2.24) is 15.5 Å². The molecule has 0 aliphatic rings. The Morgan fingerprint density at radius 2 is 2.17 bits per heavy atom. The highest BCUT2D eigenvalue weighted by molar-refractivity contribution is 5.97. The molecule has 102 valence electrons. The zero-order valence-corrected chi connectivity index (χ0v) is 11.4. The van der Waals surface area contributed by atoms with E-state index in [2.05, 4.69) is 15.5 Å². The van der Waals surface area contributed by atoms with Gasteiger partial charge in [0.1, 0.15) is 0 Å². The number of hydrogen-bond acceptors (Lipinski definition) is 4. The van der Waals surface area contributed by atoms with Crippen molar-refractivity contribution in [3.63, 3.8) is 0 Å². The summed E-state index contributed by atoms with van der Waals surface area (Å²) in [6.45, 7) is 7.12. The Labute approximate surface area is 107 Å². The smallest absolute Gasteiger partial charge is 0.273 e. The molecule has 1 rings (SSSR count). The maximum atomic E-state index is 11.9. The molecule has 1 amide bonds. The second kappa shape index (κ2) is 6.39. The summed E-state index contributed by atoms with van der Waals surface area (Å²) in [4.78, 5) is 11.9. The van der Waals surface area contributed by atoms with Crippen molar-refractivity contribution >= 4 is 11.6 Å². The van der Waals surface area contributed by atoms with Gasteiger partial charge in [0.05, 0.1) is 18.0 Å². The summed E-state index contributed by atoms with van der Waals surface area (Å²) < 4.78 is 5.00. The van der Waals surface area contributed by atoms with Crippen LogP contribution in [0.2, 0.25) is 0 Å². The van der Waals surface area contributed by atoms with Gasteiger partial charge in [0, 0.05) is 13.7 Å². The number of aromatic amines is 1. The number of methoxy groups -OCH3 is 1. The Bertz CT molecular complexity index is 401. The van der Waals surface area contributed by atoms with E-state index in [0.717, 1.165) is 5.69 Å². The number of carbonyl (C=O) groups excluding carboxylic acids is 1. The van der Waals surface area contributed by atoms with Crippen LogP contribution in [0.25, 0.3) is 0 Å². The fourth-order valence-corrected chi connectivity index (χ4v) is 1.67. The van der Waals surface area contributed by atoms with E-state index in [1.807, 2.05) is 20.8 Å². The normalized spacial score (nSPS) is 12.7. The number of nitrogens with two attached hydrogens (primary N) is 1. The van der Waals surface area contributed by atoms with E-state index in [-0.39, 0.29) is 23.4 Å². The van der Waals surface area contributed by atoms with Gasteiger partial charge in [0.25, 0.3) is 5.91 Å². The van der Waals surface area contributed by atoms with E-state index in [1.165, 1.54) is 0 Å². The van der Waals surface area contributed by atoms with Gasteiger partial charge < -0.3 is 15.8 Å². The standard InChI is InChI=1S/C12H22N4O2/c1-7(2)10-9(13)11(16-15-10)12(17)14-5-8(3)6-18-4/h7-8H,5-6,13H2,1-4H3,(H,14,17)(H,15,16). The van der Waals surface area contributed by atoms with Crippen molar-refractivity contribution in [3.8, 4) is 0 Å². The van der Waals surface area contributed by atoms with Crippen molar-refractivity contribution in [2.75, 3.05) is 26.0 Å². The molecule has 1 aromatic rings. The third kappa shape index (κ3) is 3.46. The lowest BCUT2D eigenvalue weighted by atomic mass is 10.1. The van der Waals surface area contributed by atoms with Gasteiger partial charge in [-0.2, -0.15) is 5.10 Å². The maximum absolute atomic E-state index is 11.9. The molecule has 1 heterocycles. The lowest BCUT2D eigenvalue weighted by molar-refractivity contribution is 0.0930. The molecule has 6 heteroatoms. The predicted octanol–water partition coefficient (Wildman–Crippen LogP) is 1.13. The SMILES string of the molecule is COCC(C)CNC(=O)c1n[nH]c(C(C)C)c1N. The number of H-pyrrole nitrogens is 1. The summed E-state index contributed by atoms with van der Waals surface area (Å²) in [5, 5.41) is 9.57. The number of nitrogens with one attached hydrogen (secondary N) is 2. The summed E-state index contributed by atoms with van der Waals surface area (Å²) >= 11 is 0. The van der Waals surface area contributed by atoms with Crippen molar-refractivity contribution in [2.24, 2.45) is 5.92 Å². The van der Waals surface area contributed by atoms with Crippen LogP contribution in [0.4, 0.5) is 5.69 Å². The van der Waals surface area contributed by atoms with Crippen LogP contribution in [0, 0.1) is 5.92 Å². The number of anilines is 1. The lowest BCUT2D eigenvalue weighted by Crippen LogP contribution is -2.30. The molecule has 0 aliphatic heterocycles. The molecular weight excluding hydrogens is 232 g/mol. The van der Waals surface area contributed by atoms with E-state index >= 15 is 0 Å². The predicted molar refractivity (Wildman–Crippen MR) is 70.5 cm³/mol. The van der Waals surface area contributed by atoms with Crippen molar-refractivity contribution in [1.29, 1.82) is 0 Å². The average Bonchev–Trinajstić information content (AvgIpc) is 2.68. The van der Waals surface area contributed by atoms with Crippen LogP contribution in [-0.4, -0.2) is 36.4 Å². The highest BCUT2D eigenvalue weighted by Gasteiger charge is 2.18. The Kier molecular flexibility index (Phi) is 5.15. The second-order valence-corrected chi connectivity index (χ2v) is 4.82. The first kappa shape index (κ1) is 14.5. The number of rotatable bonds is 6. The number of ether oxygens (including phenoxy) is 1. The fraction of sp³-hybridized carbons (Fsp3) is 0.667. The van der Waals surface area contributed by atoms with Crippen LogP contribution < -0.4 is 11.1 Å². The van der Waals surface area contributed by atoms with Gasteiger partial charge in [-0.25, -0.2) is 0 Å². The number of nitrogens with zero attached hydrogens (tertiary/aromatic N) is 1. The molecule has 0 saturated carbocycles. The minimum atomic E-state index is -0.251. The molecule has 0 bridgehead atoms. The molecule has 0 spiro atoms. The van der Waals surface area contributed by atoms with Crippen LogP contribution in [0.5, 0.6) is 0 Å². The average molecular weight is 254 g/mol. The second-order valence-electron chi connectivity index (χ2n) is 4.82. The first-order valence-electron chi connectivity index (χ1n) is 6.08. The monoisotopic (exact) mass is 254 g/mol. The van der Waals surface area contributed by atoms with E-state index in [4.69, 9.17) is 10.5 Å². The molecule has 0 aliphatic carbocycles. The molecule has 0 fully saturated rings. The largest absolute Gasteiger partial charge is 0.395 e. The third-order valence-corrected chi connectivity index (χ3v) is 2.69. The first-order chi connectivity index (χ1) is 8.47. The van der Waals surface area contributed by atoms with E-state index in [1.54, 1.807) is 7.11 Å². The van der Waals surface area contributed by atoms with E-state index in [0.29, 0.717) is 18.8 Å². The molecule has 4 N–H and O–H groups in total. The Morgan fingerprint density at radius 3 is 2.67 bits per heavy atom. The quantitative estimate of drug-likeness (QED) is 0.709. The minimum absolute atomic E-state index is 0.214. The molecule has 18 heavy (non-hydrogen) atoms. The van der Waals surface area contributed by atoms with Crippen LogP contribution in [0.3, 0.4) is 0 Å². The number of carbonyl (C=O) groups is 1. The molecule has 1 unspecified atom stereocenters. The third-order valence-electron chi connectivity index (χ3n) is 2.69. The van der Waals surface area contributed by atoms with Gasteiger partial charge in [0.15, 0.2) is 5.69 Å². The van der Waals surface area contributed by atoms with Crippen LogP contribution >= 0.6 is 0 Å². The van der Waals surface area contributed by atoms with Crippen molar-refractivity contribution in [3.05, 3.63) is 11.4 Å². The molecule has 1 atom stereocenters. The highest BCUT2D eigenvalue weighted by atomic mass is 16.5. The Hall–Kier alpha value is -1.56. The lowest BCUT2D eigenvalue weighted by Gasteiger charge is -2.10. The van der Waals surface area contributed by atoms with E-state index < -0.39 is 0 Å². The van der Waals surface area contributed by atoms with Gasteiger partial charge in [-0.3, -0.25) is 9.89 Å². The summed E-state index contributed by atoms with van der Waals surface area (Å²) in [6.07, 6.45) is 0. The molecule has 6 nitrogen and oxygen atoms in total. The van der Waals surface area contributed by atoms with Crippen LogP contribution in [-0.2, 0) is 4.74 Å². The maximum Gasteiger partial charge on any atom is 0.273 e. The van der Waals surface area contributed by atoms with Gasteiger partial charge in [-0.15, -0.1) is 0 Å². The summed E-state index contributed by atoms with van der Waals surface area (Å²) in [6, 6.07) is 0. The summed E-state index contributed by atoms with van der Waals surface area (Å²) in [5.41, 5.74) is 7.39. The molecular formula is C12H22N4O2. The summed E-state index contributed by atoms with van der Waals surface area (Å²) in [7, 11) is 1.64. The number of nitrogen functional groups attached to an aromatic ring is 1. The Morgan fingerprint density at radius 1 is 1.50 bits per heavy atom. The highest BCUT2D eigenvalue weighted by Crippen LogP contribution is 2.21. The topological polar surface area (TPSA) is 93.0 Å². The van der Waals surface area contributed by atoms with Crippen molar-refractivity contribution < 1.29 is 9.53 Å². The fourth-order valence-electron chi connectivity index (χ4n) is 1.67.